The largest absolute Gasteiger partial charge is 0.364 e. The highest BCUT2D eigenvalue weighted by Gasteiger charge is 2.16. The van der Waals surface area contributed by atoms with Gasteiger partial charge in [0.15, 0.2) is 5.96 Å². The maximum absolute atomic E-state index is 4.29. The van der Waals surface area contributed by atoms with E-state index in [4.69, 9.17) is 0 Å². The third-order valence-corrected chi connectivity index (χ3v) is 5.29. The first-order valence-electron chi connectivity index (χ1n) is 8.02. The van der Waals surface area contributed by atoms with E-state index in [1.165, 1.54) is 11.3 Å². The zero-order valence-electron chi connectivity index (χ0n) is 15.0. The van der Waals surface area contributed by atoms with Crippen LogP contribution >= 0.6 is 35.7 Å². The van der Waals surface area contributed by atoms with Crippen molar-refractivity contribution in [3.63, 3.8) is 0 Å². The Morgan fingerprint density at radius 1 is 1.17 bits per heavy atom. The highest BCUT2D eigenvalue weighted by atomic mass is 127. The van der Waals surface area contributed by atoms with Gasteiger partial charge in [0.2, 0.25) is 0 Å². The van der Waals surface area contributed by atoms with Gasteiger partial charge in [-0.2, -0.15) is 11.8 Å². The van der Waals surface area contributed by atoms with Gasteiger partial charge >= 0.3 is 0 Å². The van der Waals surface area contributed by atoms with E-state index < -0.39 is 0 Å². The summed E-state index contributed by atoms with van der Waals surface area (Å²) >= 11 is 1.85. The maximum atomic E-state index is 4.29. The van der Waals surface area contributed by atoms with E-state index in [2.05, 4.69) is 77.0 Å². The number of anilines is 1. The summed E-state index contributed by atoms with van der Waals surface area (Å²) < 4.78 is 0.197. The van der Waals surface area contributed by atoms with Crippen molar-refractivity contribution in [2.45, 2.75) is 25.1 Å². The van der Waals surface area contributed by atoms with Gasteiger partial charge in [0.05, 0.1) is 0 Å². The Hall–Kier alpha value is -0.890. The second kappa shape index (κ2) is 10.2. The number of hydrogen-bond acceptors (Lipinski definition) is 3. The molecule has 1 aliphatic heterocycles. The van der Waals surface area contributed by atoms with Crippen molar-refractivity contribution in [3.05, 3.63) is 42.0 Å². The minimum atomic E-state index is 0. The molecule has 1 aliphatic rings. The smallest absolute Gasteiger partial charge is 0.191 e. The lowest BCUT2D eigenvalue weighted by atomic mass is 10.2. The van der Waals surface area contributed by atoms with Crippen LogP contribution in [0, 0.1) is 0 Å². The number of nitrogens with zero attached hydrogens (tertiary/aromatic N) is 2. The molecule has 0 spiro atoms. The van der Waals surface area contributed by atoms with Gasteiger partial charge in [-0.3, -0.25) is 4.99 Å². The molecule has 6 heteroatoms. The van der Waals surface area contributed by atoms with Gasteiger partial charge in [0.1, 0.15) is 0 Å². The zero-order valence-corrected chi connectivity index (χ0v) is 18.2. The number of benzene rings is 1. The van der Waals surface area contributed by atoms with Crippen LogP contribution in [0.25, 0.3) is 0 Å². The van der Waals surface area contributed by atoms with Crippen molar-refractivity contribution in [2.75, 3.05) is 37.8 Å². The molecule has 0 bridgehead atoms. The fraction of sp³-hybridized carbons (Fsp3) is 0.500. The SMILES string of the molecule is CN=C(NCc1ccc(N2CC=CC2)cc1)NCC(C)(C)SC.I. The van der Waals surface area contributed by atoms with E-state index in [9.17, 15) is 0 Å². The first-order chi connectivity index (χ1) is 11.0. The second-order valence-corrected chi connectivity index (χ2v) is 7.80. The van der Waals surface area contributed by atoms with Crippen LogP contribution in [0.4, 0.5) is 5.69 Å². The molecule has 0 aliphatic carbocycles. The molecule has 0 aromatic heterocycles. The van der Waals surface area contributed by atoms with E-state index in [1.54, 1.807) is 0 Å². The minimum Gasteiger partial charge on any atom is -0.364 e. The van der Waals surface area contributed by atoms with Gasteiger partial charge in [-0.1, -0.05) is 24.3 Å². The Morgan fingerprint density at radius 3 is 2.33 bits per heavy atom. The summed E-state index contributed by atoms with van der Waals surface area (Å²) in [5.41, 5.74) is 2.54. The highest BCUT2D eigenvalue weighted by Crippen LogP contribution is 2.19. The summed E-state index contributed by atoms with van der Waals surface area (Å²) in [5, 5.41) is 6.76. The maximum Gasteiger partial charge on any atom is 0.191 e. The topological polar surface area (TPSA) is 39.7 Å². The second-order valence-electron chi connectivity index (χ2n) is 6.29. The standard InChI is InChI=1S/C18H28N4S.HI/c1-18(2,23-4)14-21-17(19-3)20-13-15-7-9-16(10-8-15)22-11-5-6-12-22;/h5-10H,11-14H2,1-4H3,(H2,19,20,21);1H. The monoisotopic (exact) mass is 460 g/mol. The molecular weight excluding hydrogens is 431 g/mol. The molecule has 0 fully saturated rings. The fourth-order valence-electron chi connectivity index (χ4n) is 2.29. The van der Waals surface area contributed by atoms with E-state index >= 15 is 0 Å². The molecule has 0 unspecified atom stereocenters. The van der Waals surface area contributed by atoms with Crippen molar-refractivity contribution in [1.82, 2.24) is 10.6 Å². The molecule has 0 saturated heterocycles. The molecular formula is C18H29IN4S. The van der Waals surface area contributed by atoms with E-state index in [1.807, 2.05) is 18.8 Å². The number of nitrogens with one attached hydrogen (secondary N) is 2. The fourth-order valence-corrected chi connectivity index (χ4v) is 2.51. The first kappa shape index (κ1) is 21.2. The lowest BCUT2D eigenvalue weighted by molar-refractivity contribution is 0.664. The number of thioether (sulfide) groups is 1. The minimum absolute atomic E-state index is 0. The van der Waals surface area contributed by atoms with Crippen LogP contribution in [0.2, 0.25) is 0 Å². The average molecular weight is 460 g/mol. The number of guanidine groups is 1. The lowest BCUT2D eigenvalue weighted by Crippen LogP contribution is -2.42. The van der Waals surface area contributed by atoms with Crippen LogP contribution in [-0.2, 0) is 6.54 Å². The molecule has 1 heterocycles. The van der Waals surface area contributed by atoms with Crippen molar-refractivity contribution < 1.29 is 0 Å². The van der Waals surface area contributed by atoms with Gasteiger partial charge in [0, 0.05) is 43.7 Å². The highest BCUT2D eigenvalue weighted by molar-refractivity contribution is 14.0. The summed E-state index contributed by atoms with van der Waals surface area (Å²) in [6.07, 6.45) is 6.55. The van der Waals surface area contributed by atoms with Crippen LogP contribution in [-0.4, -0.2) is 43.6 Å². The quantitative estimate of drug-likeness (QED) is 0.295. The molecule has 0 atom stereocenters. The zero-order chi connectivity index (χ0) is 16.7. The Balaban J connectivity index is 0.00000288. The van der Waals surface area contributed by atoms with Crippen LogP contribution in [0.1, 0.15) is 19.4 Å². The van der Waals surface area contributed by atoms with Crippen LogP contribution < -0.4 is 15.5 Å². The van der Waals surface area contributed by atoms with Crippen LogP contribution in [0.5, 0.6) is 0 Å². The number of halogens is 1. The van der Waals surface area contributed by atoms with Gasteiger partial charge < -0.3 is 15.5 Å². The molecule has 0 amide bonds. The summed E-state index contributed by atoms with van der Waals surface area (Å²) in [6.45, 7) is 8.14. The molecule has 1 aromatic rings. The Labute approximate surface area is 167 Å². The summed E-state index contributed by atoms with van der Waals surface area (Å²) in [6, 6.07) is 8.74. The van der Waals surface area contributed by atoms with Crippen molar-refractivity contribution in [2.24, 2.45) is 4.99 Å². The number of rotatable bonds is 6. The molecule has 134 valence electrons. The molecule has 2 N–H and O–H groups in total. The van der Waals surface area contributed by atoms with E-state index in [0.29, 0.717) is 0 Å². The van der Waals surface area contributed by atoms with Gasteiger partial charge in [-0.15, -0.1) is 24.0 Å². The van der Waals surface area contributed by atoms with Crippen molar-refractivity contribution in [1.29, 1.82) is 0 Å². The van der Waals surface area contributed by atoms with Crippen LogP contribution in [0.3, 0.4) is 0 Å². The van der Waals surface area contributed by atoms with Gasteiger partial charge in [-0.05, 0) is 37.8 Å². The Kier molecular flexibility index (Phi) is 8.97. The third kappa shape index (κ3) is 6.55. The first-order valence-corrected chi connectivity index (χ1v) is 9.25. The summed E-state index contributed by atoms with van der Waals surface area (Å²) in [4.78, 5) is 6.64. The normalized spacial score (nSPS) is 14.5. The number of aliphatic imine (C=N–C) groups is 1. The van der Waals surface area contributed by atoms with Crippen molar-refractivity contribution >= 4 is 47.4 Å². The van der Waals surface area contributed by atoms with E-state index in [-0.39, 0.29) is 28.7 Å². The molecule has 1 aromatic carbocycles. The lowest BCUT2D eigenvalue weighted by Gasteiger charge is -2.23. The van der Waals surface area contributed by atoms with Crippen LogP contribution in [0.15, 0.2) is 41.4 Å². The predicted octanol–water partition coefficient (Wildman–Crippen LogP) is 3.49. The van der Waals surface area contributed by atoms with Crippen molar-refractivity contribution in [3.8, 4) is 0 Å². The summed E-state index contributed by atoms with van der Waals surface area (Å²) in [5.74, 6) is 0.847. The Bertz CT molecular complexity index is 547. The predicted molar refractivity (Wildman–Crippen MR) is 119 cm³/mol. The average Bonchev–Trinajstić information content (AvgIpc) is 3.10. The van der Waals surface area contributed by atoms with Gasteiger partial charge in [-0.25, -0.2) is 0 Å². The molecule has 0 saturated carbocycles. The van der Waals surface area contributed by atoms with Gasteiger partial charge in [0.25, 0.3) is 0 Å². The van der Waals surface area contributed by atoms with E-state index in [0.717, 1.165) is 32.1 Å². The molecule has 4 nitrogen and oxygen atoms in total. The molecule has 2 rings (SSSR count). The molecule has 0 radical (unpaired) electrons. The summed E-state index contributed by atoms with van der Waals surface area (Å²) in [7, 11) is 1.81. The number of hydrogen-bond donors (Lipinski definition) is 2. The third-order valence-electron chi connectivity index (χ3n) is 4.04. The molecule has 24 heavy (non-hydrogen) atoms. The Morgan fingerprint density at radius 2 is 1.79 bits per heavy atom.